The van der Waals surface area contributed by atoms with Gasteiger partial charge in [0.15, 0.2) is 5.82 Å². The highest BCUT2D eigenvalue weighted by Crippen LogP contribution is 2.35. The summed E-state index contributed by atoms with van der Waals surface area (Å²) in [5, 5.41) is 6.57. The Balaban J connectivity index is 2.01. The van der Waals surface area contributed by atoms with Crippen molar-refractivity contribution in [3.05, 3.63) is 24.2 Å². The maximum Gasteiger partial charge on any atom is 0.469 e. The highest BCUT2D eigenvalue weighted by molar-refractivity contribution is 7.46. The van der Waals surface area contributed by atoms with Gasteiger partial charge >= 0.3 is 7.82 Å². The lowest BCUT2D eigenvalue weighted by Gasteiger charge is -2.07. The summed E-state index contributed by atoms with van der Waals surface area (Å²) in [5.41, 5.74) is 1.52. The summed E-state index contributed by atoms with van der Waals surface area (Å²) in [6.07, 6.45) is 1.11. The van der Waals surface area contributed by atoms with Gasteiger partial charge in [-0.1, -0.05) is 0 Å². The Morgan fingerprint density at radius 3 is 2.95 bits per heavy atom. The minimum absolute atomic E-state index is 0.193. The topological polar surface area (TPSA) is 126 Å². The molecular formula is C10H13N4O5P. The zero-order valence-electron chi connectivity index (χ0n) is 10.6. The van der Waals surface area contributed by atoms with E-state index < -0.39 is 13.7 Å². The van der Waals surface area contributed by atoms with Crippen molar-refractivity contribution in [1.29, 1.82) is 0 Å². The molecule has 10 heteroatoms. The number of nitrogens with zero attached hydrogens (tertiary/aromatic N) is 3. The predicted octanol–water partition coefficient (Wildman–Crippen LogP) is 0.476. The lowest BCUT2D eigenvalue weighted by molar-refractivity contribution is -0.116. The van der Waals surface area contributed by atoms with Crippen molar-refractivity contribution < 1.29 is 23.7 Å². The molecule has 2 aromatic heterocycles. The molecule has 0 aliphatic rings. The molecule has 0 aliphatic heterocycles. The number of aromatic nitrogens is 3. The summed E-state index contributed by atoms with van der Waals surface area (Å²) >= 11 is 0. The molecular weight excluding hydrogens is 287 g/mol. The first-order valence-electron chi connectivity index (χ1n) is 5.66. The molecule has 1 amide bonds. The highest BCUT2D eigenvalue weighted by Gasteiger charge is 2.15. The minimum Gasteiger partial charge on any atom is -0.309 e. The van der Waals surface area contributed by atoms with E-state index in [0.29, 0.717) is 11.3 Å². The van der Waals surface area contributed by atoms with Crippen LogP contribution in [0.15, 0.2) is 18.5 Å². The molecule has 2 aromatic rings. The number of carbonyl (C=O) groups is 1. The van der Waals surface area contributed by atoms with Gasteiger partial charge in [0.05, 0.1) is 13.0 Å². The van der Waals surface area contributed by atoms with Crippen LogP contribution in [0.5, 0.6) is 0 Å². The van der Waals surface area contributed by atoms with Crippen molar-refractivity contribution in [3.63, 3.8) is 0 Å². The molecule has 0 atom stereocenters. The van der Waals surface area contributed by atoms with Gasteiger partial charge in [-0.15, -0.1) is 0 Å². The number of hydrogen-bond donors (Lipinski definition) is 3. The maximum atomic E-state index is 11.6. The number of carbonyl (C=O) groups excluding carboxylic acids is 1. The van der Waals surface area contributed by atoms with Crippen LogP contribution in [0.2, 0.25) is 0 Å². The number of fused-ring (bicyclic) bond motifs is 1. The Bertz CT molecular complexity index is 679. The summed E-state index contributed by atoms with van der Waals surface area (Å²) < 4.78 is 16.3. The first kappa shape index (κ1) is 14.6. The van der Waals surface area contributed by atoms with Crippen molar-refractivity contribution in [2.75, 3.05) is 11.9 Å². The number of nitrogens with one attached hydrogen (secondary N) is 1. The van der Waals surface area contributed by atoms with Crippen molar-refractivity contribution in [1.82, 2.24) is 14.6 Å². The molecule has 0 radical (unpaired) electrons. The van der Waals surface area contributed by atoms with E-state index in [1.54, 1.807) is 10.6 Å². The Hall–Kier alpha value is -1.80. The highest BCUT2D eigenvalue weighted by atomic mass is 31.2. The van der Waals surface area contributed by atoms with Gasteiger partial charge in [0.2, 0.25) is 5.91 Å². The number of rotatable bonds is 5. The number of anilines is 1. The number of amides is 1. The molecule has 9 nitrogen and oxygen atoms in total. The average Bonchev–Trinajstić information content (AvgIpc) is 2.71. The van der Waals surface area contributed by atoms with Crippen molar-refractivity contribution in [2.45, 2.75) is 13.3 Å². The summed E-state index contributed by atoms with van der Waals surface area (Å²) in [6.45, 7) is 1.48. The fourth-order valence-corrected chi connectivity index (χ4v) is 1.94. The molecule has 0 saturated carbocycles. The van der Waals surface area contributed by atoms with Crippen LogP contribution in [0.4, 0.5) is 5.82 Å². The molecule has 108 valence electrons. The van der Waals surface area contributed by atoms with E-state index in [4.69, 9.17) is 9.79 Å². The molecule has 20 heavy (non-hydrogen) atoms. The van der Waals surface area contributed by atoms with Crippen LogP contribution < -0.4 is 5.32 Å². The van der Waals surface area contributed by atoms with Crippen molar-refractivity contribution >= 4 is 25.1 Å². The van der Waals surface area contributed by atoms with Gasteiger partial charge < -0.3 is 15.1 Å². The lowest BCUT2D eigenvalue weighted by Crippen LogP contribution is -2.15. The summed E-state index contributed by atoms with van der Waals surface area (Å²) in [4.78, 5) is 32.6. The van der Waals surface area contributed by atoms with Crippen LogP contribution in [-0.4, -0.2) is 36.9 Å². The molecule has 0 saturated heterocycles. The third kappa shape index (κ3) is 3.61. The normalized spacial score (nSPS) is 11.8. The van der Waals surface area contributed by atoms with E-state index in [1.807, 2.05) is 13.0 Å². The second-order valence-corrected chi connectivity index (χ2v) is 5.24. The second kappa shape index (κ2) is 5.68. The molecule has 2 rings (SSSR count). The Labute approximate surface area is 113 Å². The molecule has 3 N–H and O–H groups in total. The number of aryl methyl sites for hydroxylation is 1. The molecule has 0 bridgehead atoms. The molecule has 0 spiro atoms. The first-order chi connectivity index (χ1) is 9.37. The number of phosphoric ester groups is 1. The van der Waals surface area contributed by atoms with E-state index in [0.717, 1.165) is 5.69 Å². The van der Waals surface area contributed by atoms with Crippen LogP contribution in [0.3, 0.4) is 0 Å². The van der Waals surface area contributed by atoms with Gasteiger partial charge in [0.25, 0.3) is 0 Å². The minimum atomic E-state index is -4.55. The molecule has 2 heterocycles. The van der Waals surface area contributed by atoms with Crippen LogP contribution >= 0.6 is 7.82 Å². The molecule has 0 fully saturated rings. The monoisotopic (exact) mass is 300 g/mol. The molecule has 0 aromatic carbocycles. The molecule has 0 aliphatic carbocycles. The zero-order chi connectivity index (χ0) is 14.8. The van der Waals surface area contributed by atoms with Gasteiger partial charge in [-0.05, 0) is 19.1 Å². The van der Waals surface area contributed by atoms with E-state index in [2.05, 4.69) is 19.9 Å². The van der Waals surface area contributed by atoms with Gasteiger partial charge in [-0.25, -0.2) is 14.1 Å². The van der Waals surface area contributed by atoms with E-state index in [9.17, 15) is 9.36 Å². The smallest absolute Gasteiger partial charge is 0.309 e. The third-order valence-corrected chi connectivity index (χ3v) is 3.01. The molecule has 0 unspecified atom stereocenters. The van der Waals surface area contributed by atoms with Crippen LogP contribution in [-0.2, 0) is 13.9 Å². The van der Waals surface area contributed by atoms with Crippen molar-refractivity contribution in [3.8, 4) is 0 Å². The predicted molar refractivity (Wildman–Crippen MR) is 69.0 cm³/mol. The fourth-order valence-electron chi connectivity index (χ4n) is 1.61. The maximum absolute atomic E-state index is 11.6. The zero-order valence-corrected chi connectivity index (χ0v) is 11.4. The van der Waals surface area contributed by atoms with Gasteiger partial charge in [-0.3, -0.25) is 9.32 Å². The third-order valence-electron chi connectivity index (χ3n) is 2.49. The number of phosphoric acid groups is 1. The Morgan fingerprint density at radius 2 is 2.25 bits per heavy atom. The van der Waals surface area contributed by atoms with Crippen molar-refractivity contribution in [2.24, 2.45) is 0 Å². The van der Waals surface area contributed by atoms with E-state index >= 15 is 0 Å². The van der Waals surface area contributed by atoms with Gasteiger partial charge in [-0.2, -0.15) is 5.10 Å². The fraction of sp³-hybridized carbons (Fsp3) is 0.300. The average molecular weight is 300 g/mol. The SMILES string of the molecule is Cc1ccc2c(NC(=O)CCOP(=O)(O)O)ncnn12. The van der Waals surface area contributed by atoms with Gasteiger partial charge in [0.1, 0.15) is 11.8 Å². The lowest BCUT2D eigenvalue weighted by atomic mass is 10.4. The first-order valence-corrected chi connectivity index (χ1v) is 7.19. The van der Waals surface area contributed by atoms with Crippen LogP contribution in [0, 0.1) is 6.92 Å². The quantitative estimate of drug-likeness (QED) is 0.685. The van der Waals surface area contributed by atoms with E-state index in [-0.39, 0.29) is 13.0 Å². The standard InChI is InChI=1S/C10H13N4O5P/c1-7-2-3-8-10(11-6-12-14(7)8)13-9(15)4-5-19-20(16,17)18/h2-3,6H,4-5H2,1H3,(H2,16,17,18)(H,11,12,13,15). The second-order valence-electron chi connectivity index (χ2n) is 4.00. The van der Waals surface area contributed by atoms with Crippen LogP contribution in [0.25, 0.3) is 5.52 Å². The largest absolute Gasteiger partial charge is 0.469 e. The Morgan fingerprint density at radius 1 is 1.50 bits per heavy atom. The summed E-state index contributed by atoms with van der Waals surface area (Å²) in [6, 6.07) is 3.59. The van der Waals surface area contributed by atoms with Crippen LogP contribution in [0.1, 0.15) is 12.1 Å². The summed E-state index contributed by atoms with van der Waals surface area (Å²) in [5.74, 6) is -0.132. The number of hydrogen-bond acceptors (Lipinski definition) is 5. The van der Waals surface area contributed by atoms with Gasteiger partial charge in [0, 0.05) is 5.69 Å². The summed E-state index contributed by atoms with van der Waals surface area (Å²) in [7, 11) is -4.55. The Kier molecular flexibility index (Phi) is 4.15. The van der Waals surface area contributed by atoms with E-state index in [1.165, 1.54) is 6.33 Å².